The van der Waals surface area contributed by atoms with E-state index in [4.69, 9.17) is 4.74 Å². The van der Waals surface area contributed by atoms with Gasteiger partial charge >= 0.3 is 0 Å². The molecule has 0 bridgehead atoms. The number of pyridine rings is 1. The Kier molecular flexibility index (Phi) is 4.33. The summed E-state index contributed by atoms with van der Waals surface area (Å²) in [6.45, 7) is 2.06. The van der Waals surface area contributed by atoms with Crippen molar-refractivity contribution >= 4 is 11.6 Å². The molecule has 0 spiro atoms. The summed E-state index contributed by atoms with van der Waals surface area (Å²) in [5.41, 5.74) is 1.53. The third kappa shape index (κ3) is 3.94. The summed E-state index contributed by atoms with van der Waals surface area (Å²) >= 11 is 0. The number of hydrogen-bond acceptors (Lipinski definition) is 4. The van der Waals surface area contributed by atoms with Crippen molar-refractivity contribution in [2.75, 3.05) is 5.32 Å². The van der Waals surface area contributed by atoms with Crippen LogP contribution in [0.25, 0.3) is 0 Å². The molecule has 0 radical (unpaired) electrons. The maximum Gasteiger partial charge on any atom is 0.246 e. The van der Waals surface area contributed by atoms with Gasteiger partial charge in [0.2, 0.25) is 5.91 Å². The molecule has 0 unspecified atom stereocenters. The summed E-state index contributed by atoms with van der Waals surface area (Å²) in [5.74, 6) is 1.03. The first kappa shape index (κ1) is 14.8. The molecular formula is C17H16N4O2. The Morgan fingerprint density at radius 2 is 2.04 bits per heavy atom. The molecule has 6 nitrogen and oxygen atoms in total. The fourth-order valence-electron chi connectivity index (χ4n) is 2.07. The molecule has 0 aliphatic carbocycles. The molecule has 0 aliphatic heterocycles. The number of nitrogens with zero attached hydrogens (tertiary/aromatic N) is 3. The van der Waals surface area contributed by atoms with E-state index in [-0.39, 0.29) is 12.5 Å². The van der Waals surface area contributed by atoms with Crippen molar-refractivity contribution in [3.05, 3.63) is 66.7 Å². The van der Waals surface area contributed by atoms with Gasteiger partial charge in [-0.1, -0.05) is 18.2 Å². The number of para-hydroxylation sites is 1. The zero-order valence-electron chi connectivity index (χ0n) is 12.6. The SMILES string of the molecule is Cc1cnn(CC(=O)Nc2cnccc2Oc2ccccc2)c1. The van der Waals surface area contributed by atoms with Gasteiger partial charge in [-0.15, -0.1) is 0 Å². The second-order valence-electron chi connectivity index (χ2n) is 5.05. The lowest BCUT2D eigenvalue weighted by molar-refractivity contribution is -0.116. The largest absolute Gasteiger partial charge is 0.455 e. The Morgan fingerprint density at radius 1 is 1.22 bits per heavy atom. The molecule has 0 saturated heterocycles. The maximum atomic E-state index is 12.1. The standard InChI is InChI=1S/C17H16N4O2/c1-13-9-19-21(11-13)12-17(22)20-15-10-18-8-7-16(15)23-14-5-3-2-4-6-14/h2-11H,12H2,1H3,(H,20,22). The number of benzene rings is 1. The smallest absolute Gasteiger partial charge is 0.246 e. The van der Waals surface area contributed by atoms with Gasteiger partial charge in [-0.3, -0.25) is 14.5 Å². The molecule has 2 aromatic heterocycles. The van der Waals surface area contributed by atoms with Crippen LogP contribution in [0.4, 0.5) is 5.69 Å². The van der Waals surface area contributed by atoms with E-state index in [1.807, 2.05) is 43.5 Å². The van der Waals surface area contributed by atoms with Gasteiger partial charge in [-0.05, 0) is 24.6 Å². The Morgan fingerprint density at radius 3 is 2.78 bits per heavy atom. The number of amides is 1. The molecule has 23 heavy (non-hydrogen) atoms. The van der Waals surface area contributed by atoms with E-state index in [1.54, 1.807) is 29.3 Å². The van der Waals surface area contributed by atoms with Crippen LogP contribution in [-0.4, -0.2) is 20.7 Å². The highest BCUT2D eigenvalue weighted by Crippen LogP contribution is 2.28. The summed E-state index contributed by atoms with van der Waals surface area (Å²) < 4.78 is 7.37. The van der Waals surface area contributed by atoms with Crippen LogP contribution in [0, 0.1) is 6.92 Å². The van der Waals surface area contributed by atoms with Crippen molar-refractivity contribution in [2.45, 2.75) is 13.5 Å². The van der Waals surface area contributed by atoms with E-state index in [9.17, 15) is 4.79 Å². The van der Waals surface area contributed by atoms with Crippen molar-refractivity contribution in [3.63, 3.8) is 0 Å². The topological polar surface area (TPSA) is 69.0 Å². The second kappa shape index (κ2) is 6.74. The number of carbonyl (C=O) groups is 1. The van der Waals surface area contributed by atoms with Crippen molar-refractivity contribution in [3.8, 4) is 11.5 Å². The van der Waals surface area contributed by atoms with Gasteiger partial charge in [-0.2, -0.15) is 5.10 Å². The monoisotopic (exact) mass is 308 g/mol. The lowest BCUT2D eigenvalue weighted by Gasteiger charge is -2.11. The van der Waals surface area contributed by atoms with Crippen LogP contribution in [0.3, 0.4) is 0 Å². The normalized spacial score (nSPS) is 10.3. The quantitative estimate of drug-likeness (QED) is 0.786. The minimum Gasteiger partial charge on any atom is -0.455 e. The van der Waals surface area contributed by atoms with Crippen LogP contribution in [0.2, 0.25) is 0 Å². The van der Waals surface area contributed by atoms with Gasteiger partial charge in [0, 0.05) is 18.5 Å². The lowest BCUT2D eigenvalue weighted by Crippen LogP contribution is -2.19. The number of rotatable bonds is 5. The maximum absolute atomic E-state index is 12.1. The van der Waals surface area contributed by atoms with Gasteiger partial charge in [0.25, 0.3) is 0 Å². The molecule has 0 atom stereocenters. The van der Waals surface area contributed by atoms with Crippen LogP contribution in [0.15, 0.2) is 61.2 Å². The average Bonchev–Trinajstić information content (AvgIpc) is 2.95. The summed E-state index contributed by atoms with van der Waals surface area (Å²) in [4.78, 5) is 16.2. The third-order valence-corrected chi connectivity index (χ3v) is 3.09. The highest BCUT2D eigenvalue weighted by atomic mass is 16.5. The molecule has 6 heteroatoms. The van der Waals surface area contributed by atoms with Gasteiger partial charge in [0.1, 0.15) is 18.0 Å². The van der Waals surface area contributed by atoms with Crippen LogP contribution in [0.1, 0.15) is 5.56 Å². The summed E-state index contributed by atoms with van der Waals surface area (Å²) in [6, 6.07) is 11.1. The summed E-state index contributed by atoms with van der Waals surface area (Å²) in [5, 5.41) is 6.90. The van der Waals surface area contributed by atoms with Gasteiger partial charge < -0.3 is 10.1 Å². The van der Waals surface area contributed by atoms with Gasteiger partial charge in [-0.25, -0.2) is 0 Å². The molecule has 0 fully saturated rings. The Balaban J connectivity index is 1.71. The highest BCUT2D eigenvalue weighted by Gasteiger charge is 2.10. The number of anilines is 1. The Bertz CT molecular complexity index is 799. The van der Waals surface area contributed by atoms with Crippen LogP contribution in [-0.2, 0) is 11.3 Å². The summed E-state index contributed by atoms with van der Waals surface area (Å²) in [7, 11) is 0. The fraction of sp³-hybridized carbons (Fsp3) is 0.118. The van der Waals surface area contributed by atoms with Crippen LogP contribution >= 0.6 is 0 Å². The molecule has 3 aromatic rings. The number of aromatic nitrogens is 3. The second-order valence-corrected chi connectivity index (χ2v) is 5.05. The van der Waals surface area contributed by atoms with Crippen LogP contribution in [0.5, 0.6) is 11.5 Å². The number of carbonyl (C=O) groups excluding carboxylic acids is 1. The number of hydrogen-bond donors (Lipinski definition) is 1. The van der Waals surface area contributed by atoms with Crippen molar-refractivity contribution in [1.82, 2.24) is 14.8 Å². The predicted octanol–water partition coefficient (Wildman–Crippen LogP) is 3.02. The Hall–Kier alpha value is -3.15. The molecular weight excluding hydrogens is 292 g/mol. The molecule has 1 amide bonds. The number of aryl methyl sites for hydroxylation is 1. The molecule has 1 N–H and O–H groups in total. The first-order valence-electron chi connectivity index (χ1n) is 7.16. The molecule has 0 aliphatic rings. The zero-order chi connectivity index (χ0) is 16.1. The zero-order valence-corrected chi connectivity index (χ0v) is 12.6. The molecule has 116 valence electrons. The number of ether oxygens (including phenoxy) is 1. The predicted molar refractivity (Wildman–Crippen MR) is 86.3 cm³/mol. The molecule has 0 saturated carbocycles. The molecule has 2 heterocycles. The van der Waals surface area contributed by atoms with E-state index in [2.05, 4.69) is 15.4 Å². The van der Waals surface area contributed by atoms with E-state index in [0.717, 1.165) is 5.56 Å². The summed E-state index contributed by atoms with van der Waals surface area (Å²) in [6.07, 6.45) is 6.70. The molecule has 3 rings (SSSR count). The van der Waals surface area contributed by atoms with Crippen molar-refractivity contribution in [1.29, 1.82) is 0 Å². The third-order valence-electron chi connectivity index (χ3n) is 3.09. The van der Waals surface area contributed by atoms with E-state index in [1.165, 1.54) is 0 Å². The van der Waals surface area contributed by atoms with Gasteiger partial charge in [0.05, 0.1) is 12.4 Å². The van der Waals surface area contributed by atoms with Crippen molar-refractivity contribution in [2.24, 2.45) is 0 Å². The minimum absolute atomic E-state index is 0.132. The van der Waals surface area contributed by atoms with E-state index in [0.29, 0.717) is 17.2 Å². The highest BCUT2D eigenvalue weighted by molar-refractivity contribution is 5.91. The van der Waals surface area contributed by atoms with E-state index >= 15 is 0 Å². The van der Waals surface area contributed by atoms with Crippen LogP contribution < -0.4 is 10.1 Å². The minimum atomic E-state index is -0.195. The van der Waals surface area contributed by atoms with Gasteiger partial charge in [0.15, 0.2) is 5.75 Å². The first-order valence-corrected chi connectivity index (χ1v) is 7.16. The lowest BCUT2D eigenvalue weighted by atomic mass is 10.3. The fourth-order valence-corrected chi connectivity index (χ4v) is 2.07. The van der Waals surface area contributed by atoms with E-state index < -0.39 is 0 Å². The van der Waals surface area contributed by atoms with Crippen molar-refractivity contribution < 1.29 is 9.53 Å². The first-order chi connectivity index (χ1) is 11.2. The average molecular weight is 308 g/mol. The molecule has 1 aromatic carbocycles. The number of nitrogens with one attached hydrogen (secondary N) is 1. The Labute approximate surface area is 133 Å².